The first-order chi connectivity index (χ1) is 17.5. The number of benzene rings is 2. The minimum Gasteiger partial charge on any atom is -0.383 e. The molecule has 1 aromatic heterocycles. The largest absolute Gasteiger partial charge is 0.383 e. The highest BCUT2D eigenvalue weighted by atomic mass is 32.2. The predicted molar refractivity (Wildman–Crippen MR) is 144 cm³/mol. The van der Waals surface area contributed by atoms with E-state index in [1.165, 1.54) is 10.5 Å². The van der Waals surface area contributed by atoms with Crippen LogP contribution in [0, 0.1) is 0 Å². The summed E-state index contributed by atoms with van der Waals surface area (Å²) in [7, 11) is 1.59. The number of nitrogens with one attached hydrogen (secondary N) is 1. The molecule has 1 aliphatic rings. The molecule has 0 aliphatic carbocycles. The van der Waals surface area contributed by atoms with Gasteiger partial charge in [-0.1, -0.05) is 55.5 Å². The molecule has 4 rings (SSSR count). The topological polar surface area (TPSA) is 80.6 Å². The van der Waals surface area contributed by atoms with Gasteiger partial charge >= 0.3 is 0 Å². The Kier molecular flexibility index (Phi) is 8.61. The fraction of sp³-hybridized carbons (Fsp3) is 0.321. The molecule has 0 radical (unpaired) electrons. The molecular formula is C28H31N3O4S. The zero-order valence-electron chi connectivity index (χ0n) is 20.7. The summed E-state index contributed by atoms with van der Waals surface area (Å²) in [6.45, 7) is 3.52. The number of methoxy groups -OCH3 is 1. The minimum absolute atomic E-state index is 0.111. The monoisotopic (exact) mass is 505 g/mol. The van der Waals surface area contributed by atoms with Crippen LogP contribution >= 0.6 is 11.8 Å². The van der Waals surface area contributed by atoms with Gasteiger partial charge in [-0.05, 0) is 48.2 Å². The van der Waals surface area contributed by atoms with Gasteiger partial charge in [-0.2, -0.15) is 0 Å². The average Bonchev–Trinajstić information content (AvgIpc) is 3.36. The fourth-order valence-electron chi connectivity index (χ4n) is 4.41. The van der Waals surface area contributed by atoms with Gasteiger partial charge < -0.3 is 14.6 Å². The number of thioether (sulfide) groups is 1. The highest BCUT2D eigenvalue weighted by Gasteiger charge is 2.34. The number of carbonyl (C=O) groups excluding carboxylic acids is 3. The summed E-state index contributed by atoms with van der Waals surface area (Å²) in [6.07, 6.45) is 6.00. The van der Waals surface area contributed by atoms with Crippen molar-refractivity contribution >= 4 is 45.8 Å². The van der Waals surface area contributed by atoms with E-state index in [4.69, 9.17) is 4.74 Å². The number of para-hydroxylation sites is 1. The van der Waals surface area contributed by atoms with Gasteiger partial charge in [0.25, 0.3) is 11.1 Å². The van der Waals surface area contributed by atoms with Crippen molar-refractivity contribution in [2.75, 3.05) is 26.8 Å². The van der Waals surface area contributed by atoms with Crippen LogP contribution in [-0.2, 0) is 33.7 Å². The normalized spacial score (nSPS) is 14.8. The lowest BCUT2D eigenvalue weighted by atomic mass is 10.1. The molecule has 1 aliphatic heterocycles. The van der Waals surface area contributed by atoms with Crippen molar-refractivity contribution in [2.24, 2.45) is 0 Å². The molecule has 1 fully saturated rings. The number of aromatic nitrogens is 1. The molecule has 1 N–H and O–H groups in total. The maximum atomic E-state index is 13.1. The van der Waals surface area contributed by atoms with Crippen LogP contribution in [0.5, 0.6) is 0 Å². The Morgan fingerprint density at radius 3 is 2.67 bits per heavy atom. The Balaban J connectivity index is 1.54. The van der Waals surface area contributed by atoms with Crippen LogP contribution in [0.15, 0.2) is 59.6 Å². The first-order valence-corrected chi connectivity index (χ1v) is 13.0. The average molecular weight is 506 g/mol. The van der Waals surface area contributed by atoms with Crippen LogP contribution in [0.2, 0.25) is 0 Å². The van der Waals surface area contributed by atoms with E-state index in [0.29, 0.717) is 31.0 Å². The third-order valence-electron chi connectivity index (χ3n) is 6.19. The van der Waals surface area contributed by atoms with Gasteiger partial charge in [-0.3, -0.25) is 19.3 Å². The highest BCUT2D eigenvalue weighted by Crippen LogP contribution is 2.35. The summed E-state index contributed by atoms with van der Waals surface area (Å²) in [5.41, 5.74) is 4.09. The van der Waals surface area contributed by atoms with Crippen molar-refractivity contribution in [1.29, 1.82) is 0 Å². The molecule has 3 amide bonds. The lowest BCUT2D eigenvalue weighted by Gasteiger charge is -2.12. The van der Waals surface area contributed by atoms with Gasteiger partial charge in [0.05, 0.1) is 17.0 Å². The molecule has 1 saturated heterocycles. The van der Waals surface area contributed by atoms with Gasteiger partial charge in [0.2, 0.25) is 5.91 Å². The third-order valence-corrected chi connectivity index (χ3v) is 7.09. The number of amides is 3. The van der Waals surface area contributed by atoms with Crippen LogP contribution in [0.3, 0.4) is 0 Å². The molecule has 2 aromatic carbocycles. The van der Waals surface area contributed by atoms with Gasteiger partial charge in [0, 0.05) is 37.3 Å². The zero-order valence-corrected chi connectivity index (χ0v) is 21.5. The van der Waals surface area contributed by atoms with Crippen LogP contribution in [0.25, 0.3) is 17.0 Å². The number of nitrogens with zero attached hydrogens (tertiary/aromatic N) is 2. The van der Waals surface area contributed by atoms with Crippen molar-refractivity contribution in [3.05, 3.63) is 76.3 Å². The molecule has 3 aromatic rings. The Hall–Kier alpha value is -3.36. The summed E-state index contributed by atoms with van der Waals surface area (Å²) in [5.74, 6) is -0.372. The molecule has 0 unspecified atom stereocenters. The first kappa shape index (κ1) is 25.7. The molecular weight excluding hydrogens is 474 g/mol. The number of imide groups is 1. The van der Waals surface area contributed by atoms with E-state index >= 15 is 0 Å². The third kappa shape index (κ3) is 5.88. The van der Waals surface area contributed by atoms with Gasteiger partial charge in [0.15, 0.2) is 0 Å². The van der Waals surface area contributed by atoms with E-state index in [9.17, 15) is 14.4 Å². The predicted octanol–water partition coefficient (Wildman–Crippen LogP) is 4.64. The second-order valence-electron chi connectivity index (χ2n) is 8.64. The van der Waals surface area contributed by atoms with E-state index in [-0.39, 0.29) is 23.6 Å². The molecule has 8 heteroatoms. The number of hydrogen-bond donors (Lipinski definition) is 1. The summed E-state index contributed by atoms with van der Waals surface area (Å²) in [4.78, 5) is 40.0. The smallest absolute Gasteiger partial charge is 0.293 e. The Morgan fingerprint density at radius 2 is 1.92 bits per heavy atom. The summed E-state index contributed by atoms with van der Waals surface area (Å²) in [6, 6.07) is 16.1. The number of rotatable bonds is 11. The van der Waals surface area contributed by atoms with E-state index in [2.05, 4.69) is 12.2 Å². The number of aryl methyl sites for hydroxylation is 2. The Labute approximate surface area is 215 Å². The second kappa shape index (κ2) is 12.1. The lowest BCUT2D eigenvalue weighted by Crippen LogP contribution is -2.30. The van der Waals surface area contributed by atoms with Crippen molar-refractivity contribution < 1.29 is 19.1 Å². The van der Waals surface area contributed by atoms with E-state index in [1.54, 1.807) is 13.2 Å². The maximum Gasteiger partial charge on any atom is 0.293 e. The quantitative estimate of drug-likeness (QED) is 0.303. The SMILES string of the molecule is CCc1cccc2c(/C=C3\SC(=O)N(CCCc4ccccc4)C3=O)cn(CC(=O)NCCOC)c12. The van der Waals surface area contributed by atoms with Gasteiger partial charge in [0.1, 0.15) is 6.54 Å². The number of carbonyl (C=O) groups is 3. The van der Waals surface area contributed by atoms with Crippen LogP contribution in [0.4, 0.5) is 4.79 Å². The number of ether oxygens (including phenoxy) is 1. The summed E-state index contributed by atoms with van der Waals surface area (Å²) in [5, 5.41) is 3.57. The Morgan fingerprint density at radius 1 is 1.11 bits per heavy atom. The molecule has 0 bridgehead atoms. The fourth-order valence-corrected chi connectivity index (χ4v) is 5.27. The van der Waals surface area contributed by atoms with E-state index < -0.39 is 0 Å². The van der Waals surface area contributed by atoms with Gasteiger partial charge in [-0.25, -0.2) is 0 Å². The zero-order chi connectivity index (χ0) is 25.5. The number of hydrogen-bond acceptors (Lipinski definition) is 5. The van der Waals surface area contributed by atoms with Crippen molar-refractivity contribution in [3.8, 4) is 0 Å². The van der Waals surface area contributed by atoms with Crippen molar-refractivity contribution in [1.82, 2.24) is 14.8 Å². The second-order valence-corrected chi connectivity index (χ2v) is 9.64. The maximum absolute atomic E-state index is 13.1. The number of fused-ring (bicyclic) bond motifs is 1. The summed E-state index contributed by atoms with van der Waals surface area (Å²) >= 11 is 0.974. The Bertz CT molecular complexity index is 1280. The molecule has 0 atom stereocenters. The lowest BCUT2D eigenvalue weighted by molar-refractivity contribution is -0.123. The van der Waals surface area contributed by atoms with Crippen molar-refractivity contribution in [2.45, 2.75) is 32.7 Å². The van der Waals surface area contributed by atoms with E-state index in [1.807, 2.05) is 59.3 Å². The minimum atomic E-state index is -0.261. The molecule has 7 nitrogen and oxygen atoms in total. The van der Waals surface area contributed by atoms with Crippen LogP contribution < -0.4 is 5.32 Å². The molecule has 36 heavy (non-hydrogen) atoms. The van der Waals surface area contributed by atoms with Gasteiger partial charge in [-0.15, -0.1) is 0 Å². The van der Waals surface area contributed by atoms with Crippen LogP contribution in [0.1, 0.15) is 30.0 Å². The highest BCUT2D eigenvalue weighted by molar-refractivity contribution is 8.18. The molecule has 2 heterocycles. The molecule has 188 valence electrons. The standard InChI is InChI=1S/C28H31N3O4S/c1-3-21-12-7-13-23-22(18-30(26(21)23)19-25(32)29-14-16-35-2)17-24-27(33)31(28(34)36-24)15-8-11-20-9-5-4-6-10-20/h4-7,9-10,12-13,17-18H,3,8,11,14-16,19H2,1-2H3,(H,29,32)/b24-17-. The van der Waals surface area contributed by atoms with Crippen molar-refractivity contribution in [3.63, 3.8) is 0 Å². The van der Waals surface area contributed by atoms with Crippen LogP contribution in [-0.4, -0.2) is 53.3 Å². The molecule has 0 spiro atoms. The van der Waals surface area contributed by atoms with E-state index in [0.717, 1.165) is 46.6 Å². The summed E-state index contributed by atoms with van der Waals surface area (Å²) < 4.78 is 6.93. The molecule has 0 saturated carbocycles. The first-order valence-electron chi connectivity index (χ1n) is 12.2.